The normalized spacial score (nSPS) is 11.3. The number of sulfonamides is 1. The highest BCUT2D eigenvalue weighted by atomic mass is 35.5. The summed E-state index contributed by atoms with van der Waals surface area (Å²) in [4.78, 5) is 11.4. The summed E-state index contributed by atoms with van der Waals surface area (Å²) in [6, 6.07) is 9.46. The first-order valence-electron chi connectivity index (χ1n) is 6.29. The number of amides is 1. The standard InChI is InChI=1S/C14H11Cl2FN2O3S/c15-11-5-2-6-12(16)14(11)23(21,22)18-8-13(20)19-10-4-1-3-9(17)7-10/h1-7,18H,8H2,(H,19,20). The van der Waals surface area contributed by atoms with Gasteiger partial charge in [0.25, 0.3) is 0 Å². The molecule has 0 aliphatic heterocycles. The molecule has 2 N–H and O–H groups in total. The molecule has 0 saturated heterocycles. The van der Waals surface area contributed by atoms with Gasteiger partial charge < -0.3 is 5.32 Å². The zero-order valence-corrected chi connectivity index (χ0v) is 13.8. The fourth-order valence-corrected chi connectivity index (χ4v) is 3.87. The summed E-state index contributed by atoms with van der Waals surface area (Å²) in [5.74, 6) is -1.19. The highest BCUT2D eigenvalue weighted by Gasteiger charge is 2.22. The van der Waals surface area contributed by atoms with Crippen molar-refractivity contribution in [1.82, 2.24) is 4.72 Å². The maximum Gasteiger partial charge on any atom is 0.244 e. The van der Waals surface area contributed by atoms with Crippen LogP contribution in [0.2, 0.25) is 10.0 Å². The topological polar surface area (TPSA) is 75.3 Å². The molecule has 2 aromatic carbocycles. The molecule has 0 spiro atoms. The molecule has 122 valence electrons. The van der Waals surface area contributed by atoms with Crippen molar-refractivity contribution in [3.63, 3.8) is 0 Å². The molecule has 0 radical (unpaired) electrons. The third kappa shape index (κ3) is 4.65. The molecule has 0 saturated carbocycles. The molecular formula is C14H11Cl2FN2O3S. The van der Waals surface area contributed by atoms with E-state index in [4.69, 9.17) is 23.2 Å². The summed E-state index contributed by atoms with van der Waals surface area (Å²) >= 11 is 11.7. The fraction of sp³-hybridized carbons (Fsp3) is 0.0714. The average Bonchev–Trinajstić information content (AvgIpc) is 2.45. The Morgan fingerprint density at radius 2 is 1.70 bits per heavy atom. The third-order valence-corrected chi connectivity index (χ3v) is 5.07. The van der Waals surface area contributed by atoms with Crippen molar-refractivity contribution in [2.45, 2.75) is 4.90 Å². The lowest BCUT2D eigenvalue weighted by Gasteiger charge is -2.10. The molecule has 5 nitrogen and oxygen atoms in total. The number of hydrogen-bond acceptors (Lipinski definition) is 3. The minimum absolute atomic E-state index is 0.0597. The molecule has 0 bridgehead atoms. The first-order valence-corrected chi connectivity index (χ1v) is 8.52. The Balaban J connectivity index is 2.06. The predicted molar refractivity (Wildman–Crippen MR) is 86.7 cm³/mol. The number of hydrogen-bond donors (Lipinski definition) is 2. The van der Waals surface area contributed by atoms with Crippen molar-refractivity contribution in [1.29, 1.82) is 0 Å². The van der Waals surface area contributed by atoms with E-state index in [0.29, 0.717) is 0 Å². The molecule has 0 heterocycles. The molecule has 0 aliphatic carbocycles. The quantitative estimate of drug-likeness (QED) is 0.841. The summed E-state index contributed by atoms with van der Waals surface area (Å²) in [5, 5.41) is 2.24. The monoisotopic (exact) mass is 376 g/mol. The first-order chi connectivity index (χ1) is 10.8. The summed E-state index contributed by atoms with van der Waals surface area (Å²) in [6.45, 7) is -0.555. The second kappa shape index (κ2) is 7.27. The van der Waals surface area contributed by atoms with Crippen molar-refractivity contribution >= 4 is 44.8 Å². The van der Waals surface area contributed by atoms with Crippen LogP contribution in [-0.2, 0) is 14.8 Å². The van der Waals surface area contributed by atoms with Crippen LogP contribution in [0.5, 0.6) is 0 Å². The Bertz CT molecular complexity index is 823. The zero-order valence-electron chi connectivity index (χ0n) is 11.5. The third-order valence-electron chi connectivity index (χ3n) is 2.72. The van der Waals surface area contributed by atoms with E-state index in [0.717, 1.165) is 6.07 Å². The van der Waals surface area contributed by atoms with Gasteiger partial charge in [-0.3, -0.25) is 4.79 Å². The van der Waals surface area contributed by atoms with E-state index in [1.807, 2.05) is 0 Å². The Hall–Kier alpha value is -1.67. The van der Waals surface area contributed by atoms with Gasteiger partial charge in [0.1, 0.15) is 10.7 Å². The smallest absolute Gasteiger partial charge is 0.244 e. The fourth-order valence-electron chi connectivity index (χ4n) is 1.74. The number of carbonyl (C=O) groups excluding carboxylic acids is 1. The molecule has 0 unspecified atom stereocenters. The van der Waals surface area contributed by atoms with Crippen LogP contribution in [0.4, 0.5) is 10.1 Å². The van der Waals surface area contributed by atoms with Gasteiger partial charge in [0, 0.05) is 5.69 Å². The van der Waals surface area contributed by atoms with Crippen molar-refractivity contribution in [2.75, 3.05) is 11.9 Å². The minimum Gasteiger partial charge on any atom is -0.325 e. The van der Waals surface area contributed by atoms with Gasteiger partial charge in [0.15, 0.2) is 0 Å². The molecule has 1 amide bonds. The van der Waals surface area contributed by atoms with Crippen molar-refractivity contribution in [3.8, 4) is 0 Å². The van der Waals surface area contributed by atoms with Crippen molar-refractivity contribution in [2.24, 2.45) is 0 Å². The van der Waals surface area contributed by atoms with E-state index in [1.165, 1.54) is 36.4 Å². The van der Waals surface area contributed by atoms with Gasteiger partial charge in [-0.05, 0) is 30.3 Å². The Morgan fingerprint density at radius 1 is 1.09 bits per heavy atom. The Morgan fingerprint density at radius 3 is 2.30 bits per heavy atom. The summed E-state index contributed by atoms with van der Waals surface area (Å²) in [5.41, 5.74) is 0.213. The van der Waals surface area contributed by atoms with Crippen LogP contribution < -0.4 is 10.0 Å². The lowest BCUT2D eigenvalue weighted by molar-refractivity contribution is -0.115. The van der Waals surface area contributed by atoms with Gasteiger partial charge >= 0.3 is 0 Å². The number of nitrogens with one attached hydrogen (secondary N) is 2. The van der Waals surface area contributed by atoms with Crippen molar-refractivity contribution < 1.29 is 17.6 Å². The van der Waals surface area contributed by atoms with Gasteiger partial charge in [-0.15, -0.1) is 0 Å². The number of carbonyl (C=O) groups is 1. The van der Waals surface area contributed by atoms with Crippen LogP contribution in [0.15, 0.2) is 47.4 Å². The van der Waals surface area contributed by atoms with Crippen LogP contribution in [0.1, 0.15) is 0 Å². The molecule has 0 fully saturated rings. The van der Waals surface area contributed by atoms with E-state index in [1.54, 1.807) is 0 Å². The molecule has 2 aromatic rings. The van der Waals surface area contributed by atoms with Gasteiger partial charge in [0.2, 0.25) is 15.9 Å². The summed E-state index contributed by atoms with van der Waals surface area (Å²) in [6.07, 6.45) is 0. The van der Waals surface area contributed by atoms with Gasteiger partial charge in [-0.2, -0.15) is 0 Å². The van der Waals surface area contributed by atoms with E-state index in [2.05, 4.69) is 10.0 Å². The average molecular weight is 377 g/mol. The minimum atomic E-state index is -4.07. The van der Waals surface area contributed by atoms with Gasteiger partial charge in [-0.25, -0.2) is 17.5 Å². The van der Waals surface area contributed by atoms with Crippen LogP contribution in [0.3, 0.4) is 0 Å². The maximum atomic E-state index is 13.0. The first kappa shape index (κ1) is 17.7. The molecule has 0 aliphatic rings. The van der Waals surface area contributed by atoms with E-state index >= 15 is 0 Å². The second-order valence-corrected chi connectivity index (χ2v) is 6.95. The summed E-state index contributed by atoms with van der Waals surface area (Å²) < 4.78 is 39.4. The molecule has 0 atom stereocenters. The number of anilines is 1. The zero-order chi connectivity index (χ0) is 17.0. The number of rotatable bonds is 5. The largest absolute Gasteiger partial charge is 0.325 e. The number of benzene rings is 2. The lowest BCUT2D eigenvalue weighted by Crippen LogP contribution is -2.33. The van der Waals surface area contributed by atoms with Crippen LogP contribution in [0.25, 0.3) is 0 Å². The Labute approximate surface area is 142 Å². The molecule has 23 heavy (non-hydrogen) atoms. The SMILES string of the molecule is O=C(CNS(=O)(=O)c1c(Cl)cccc1Cl)Nc1cccc(F)c1. The molecular weight excluding hydrogens is 366 g/mol. The highest BCUT2D eigenvalue weighted by Crippen LogP contribution is 2.28. The van der Waals surface area contributed by atoms with Crippen LogP contribution >= 0.6 is 23.2 Å². The van der Waals surface area contributed by atoms with Gasteiger partial charge in [0.05, 0.1) is 16.6 Å². The second-order valence-electron chi connectivity index (χ2n) is 4.43. The Kier molecular flexibility index (Phi) is 5.59. The number of halogens is 3. The van der Waals surface area contributed by atoms with Gasteiger partial charge in [-0.1, -0.05) is 35.3 Å². The highest BCUT2D eigenvalue weighted by molar-refractivity contribution is 7.89. The summed E-state index contributed by atoms with van der Waals surface area (Å²) in [7, 11) is -4.07. The van der Waals surface area contributed by atoms with Crippen LogP contribution in [-0.4, -0.2) is 20.9 Å². The maximum absolute atomic E-state index is 13.0. The molecule has 2 rings (SSSR count). The van der Waals surface area contributed by atoms with E-state index in [9.17, 15) is 17.6 Å². The lowest BCUT2D eigenvalue weighted by atomic mass is 10.3. The van der Waals surface area contributed by atoms with Crippen LogP contribution in [0, 0.1) is 5.82 Å². The predicted octanol–water partition coefficient (Wildman–Crippen LogP) is 3.05. The molecule has 9 heteroatoms. The van der Waals surface area contributed by atoms with E-state index < -0.39 is 28.3 Å². The van der Waals surface area contributed by atoms with E-state index in [-0.39, 0.29) is 20.6 Å². The molecule has 0 aromatic heterocycles. The van der Waals surface area contributed by atoms with Crippen molar-refractivity contribution in [3.05, 3.63) is 58.3 Å².